The lowest BCUT2D eigenvalue weighted by atomic mass is 9.85. The summed E-state index contributed by atoms with van der Waals surface area (Å²) in [5.74, 6) is 1.35. The summed E-state index contributed by atoms with van der Waals surface area (Å²) in [6.07, 6.45) is 6.95. The van der Waals surface area contributed by atoms with Crippen molar-refractivity contribution in [1.29, 1.82) is 0 Å². The van der Waals surface area contributed by atoms with Crippen molar-refractivity contribution in [3.8, 4) is 0 Å². The minimum Gasteiger partial charge on any atom is -0.339 e. The summed E-state index contributed by atoms with van der Waals surface area (Å²) in [5, 5.41) is 7.61. The van der Waals surface area contributed by atoms with Crippen LogP contribution in [0.4, 0.5) is 0 Å². The monoisotopic (exact) mass is 292 g/mol. The van der Waals surface area contributed by atoms with E-state index in [2.05, 4.69) is 17.3 Å². The highest BCUT2D eigenvalue weighted by Crippen LogP contribution is 2.23. The summed E-state index contributed by atoms with van der Waals surface area (Å²) in [7, 11) is 1.90. The maximum absolute atomic E-state index is 12.5. The van der Waals surface area contributed by atoms with Crippen molar-refractivity contribution in [2.75, 3.05) is 19.6 Å². The molecule has 0 spiro atoms. The van der Waals surface area contributed by atoms with Gasteiger partial charge in [0, 0.05) is 38.3 Å². The number of amides is 1. The van der Waals surface area contributed by atoms with E-state index in [1.807, 2.05) is 31.3 Å². The van der Waals surface area contributed by atoms with Gasteiger partial charge in [-0.1, -0.05) is 6.92 Å². The highest BCUT2D eigenvalue weighted by Gasteiger charge is 2.24. The summed E-state index contributed by atoms with van der Waals surface area (Å²) in [6, 6.07) is 0. The number of hydrogen-bond acceptors (Lipinski definition) is 3. The van der Waals surface area contributed by atoms with Gasteiger partial charge in [-0.25, -0.2) is 0 Å². The number of aryl methyl sites for hydroxylation is 1. The summed E-state index contributed by atoms with van der Waals surface area (Å²) >= 11 is 0. The minimum absolute atomic E-state index is 0.263. The van der Waals surface area contributed by atoms with Crippen molar-refractivity contribution in [1.82, 2.24) is 20.0 Å². The topological polar surface area (TPSA) is 50.2 Å². The van der Waals surface area contributed by atoms with E-state index in [4.69, 9.17) is 0 Å². The van der Waals surface area contributed by atoms with E-state index in [9.17, 15) is 4.79 Å². The Morgan fingerprint density at radius 1 is 1.62 bits per heavy atom. The van der Waals surface area contributed by atoms with Crippen LogP contribution in [0, 0.1) is 11.8 Å². The number of nitrogens with one attached hydrogen (secondary N) is 1. The van der Waals surface area contributed by atoms with Gasteiger partial charge in [-0.05, 0) is 44.7 Å². The van der Waals surface area contributed by atoms with Crippen LogP contribution in [0.1, 0.15) is 38.7 Å². The van der Waals surface area contributed by atoms with E-state index >= 15 is 0 Å². The minimum atomic E-state index is 0.263. The molecule has 1 amide bonds. The second kappa shape index (κ2) is 7.59. The summed E-state index contributed by atoms with van der Waals surface area (Å²) in [5.41, 5.74) is 1.10. The molecule has 2 heterocycles. The fourth-order valence-electron chi connectivity index (χ4n) is 3.09. The van der Waals surface area contributed by atoms with Gasteiger partial charge in [0.15, 0.2) is 0 Å². The highest BCUT2D eigenvalue weighted by atomic mass is 16.2. The highest BCUT2D eigenvalue weighted by molar-refractivity contribution is 5.76. The Balaban J connectivity index is 1.87. The van der Waals surface area contributed by atoms with Gasteiger partial charge in [0.1, 0.15) is 0 Å². The first-order valence-corrected chi connectivity index (χ1v) is 8.06. The number of carbonyl (C=O) groups excluding carboxylic acids is 1. The van der Waals surface area contributed by atoms with Crippen LogP contribution in [-0.4, -0.2) is 40.2 Å². The lowest BCUT2D eigenvalue weighted by Gasteiger charge is -2.29. The number of aromatic nitrogens is 2. The molecule has 118 valence electrons. The van der Waals surface area contributed by atoms with Gasteiger partial charge >= 0.3 is 0 Å². The largest absolute Gasteiger partial charge is 0.339 e. The number of nitrogens with zero attached hydrogens (tertiary/aromatic N) is 3. The van der Waals surface area contributed by atoms with Crippen molar-refractivity contribution >= 4 is 5.91 Å². The molecule has 1 aliphatic heterocycles. The average Bonchev–Trinajstić information content (AvgIpc) is 2.90. The smallest absolute Gasteiger partial charge is 0.223 e. The molecule has 0 saturated carbocycles. The molecule has 2 rings (SSSR count). The fourth-order valence-corrected chi connectivity index (χ4v) is 3.09. The maximum Gasteiger partial charge on any atom is 0.223 e. The molecule has 1 aliphatic rings. The first kappa shape index (κ1) is 16.0. The number of hydrogen-bond donors (Lipinski definition) is 1. The molecule has 2 atom stereocenters. The Kier molecular flexibility index (Phi) is 5.79. The lowest BCUT2D eigenvalue weighted by Crippen LogP contribution is -2.37. The predicted molar refractivity (Wildman–Crippen MR) is 83.7 cm³/mol. The lowest BCUT2D eigenvalue weighted by molar-refractivity contribution is -0.133. The molecule has 0 bridgehead atoms. The molecule has 1 fully saturated rings. The summed E-state index contributed by atoms with van der Waals surface area (Å²) in [4.78, 5) is 14.5. The van der Waals surface area contributed by atoms with Crippen LogP contribution in [-0.2, 0) is 18.4 Å². The van der Waals surface area contributed by atoms with Crippen molar-refractivity contribution in [2.45, 2.75) is 39.7 Å². The normalized spacial score (nSPS) is 20.2. The SMILES string of the molecule is CCN(Cc1cnn(C)c1)C(=O)CC(C)C1CCCNC1. The van der Waals surface area contributed by atoms with Crippen molar-refractivity contribution in [3.63, 3.8) is 0 Å². The molecule has 0 radical (unpaired) electrons. The van der Waals surface area contributed by atoms with E-state index in [1.165, 1.54) is 12.8 Å². The van der Waals surface area contributed by atoms with Gasteiger partial charge in [-0.2, -0.15) is 5.10 Å². The zero-order valence-electron chi connectivity index (χ0n) is 13.5. The van der Waals surface area contributed by atoms with Crippen molar-refractivity contribution in [3.05, 3.63) is 18.0 Å². The number of carbonyl (C=O) groups is 1. The van der Waals surface area contributed by atoms with Crippen LogP contribution in [0.2, 0.25) is 0 Å². The van der Waals surface area contributed by atoms with Gasteiger partial charge in [-0.15, -0.1) is 0 Å². The van der Waals surface area contributed by atoms with Gasteiger partial charge in [0.25, 0.3) is 0 Å². The van der Waals surface area contributed by atoms with Crippen LogP contribution < -0.4 is 5.32 Å². The van der Waals surface area contributed by atoms with E-state index in [1.54, 1.807) is 4.68 Å². The second-order valence-corrected chi connectivity index (χ2v) is 6.22. The molecule has 1 N–H and O–H groups in total. The van der Waals surface area contributed by atoms with Crippen LogP contribution in [0.5, 0.6) is 0 Å². The third-order valence-electron chi connectivity index (χ3n) is 4.50. The molecule has 5 heteroatoms. The Bertz CT molecular complexity index is 451. The quantitative estimate of drug-likeness (QED) is 0.870. The molecule has 5 nitrogen and oxygen atoms in total. The first-order valence-electron chi connectivity index (χ1n) is 8.06. The fraction of sp³-hybridized carbons (Fsp3) is 0.750. The molecule has 1 aromatic rings. The van der Waals surface area contributed by atoms with Crippen LogP contribution in [0.3, 0.4) is 0 Å². The second-order valence-electron chi connectivity index (χ2n) is 6.22. The predicted octanol–water partition coefficient (Wildman–Crippen LogP) is 1.79. The number of piperidine rings is 1. The molecular formula is C16H28N4O. The van der Waals surface area contributed by atoms with Gasteiger partial charge in [-0.3, -0.25) is 9.48 Å². The van der Waals surface area contributed by atoms with Crippen LogP contribution in [0.25, 0.3) is 0 Å². The molecule has 0 aliphatic carbocycles. The third kappa shape index (κ3) is 4.56. The molecule has 21 heavy (non-hydrogen) atoms. The van der Waals surface area contributed by atoms with E-state index in [0.29, 0.717) is 24.8 Å². The number of rotatable bonds is 6. The average molecular weight is 292 g/mol. The molecule has 2 unspecified atom stereocenters. The van der Waals surface area contributed by atoms with E-state index in [0.717, 1.165) is 25.2 Å². The zero-order chi connectivity index (χ0) is 15.2. The summed E-state index contributed by atoms with van der Waals surface area (Å²) < 4.78 is 1.78. The maximum atomic E-state index is 12.5. The Morgan fingerprint density at radius 3 is 3.00 bits per heavy atom. The van der Waals surface area contributed by atoms with E-state index in [-0.39, 0.29) is 5.91 Å². The van der Waals surface area contributed by atoms with E-state index < -0.39 is 0 Å². The van der Waals surface area contributed by atoms with Crippen molar-refractivity contribution in [2.24, 2.45) is 18.9 Å². The Hall–Kier alpha value is -1.36. The van der Waals surface area contributed by atoms with Crippen LogP contribution >= 0.6 is 0 Å². The van der Waals surface area contributed by atoms with Crippen molar-refractivity contribution < 1.29 is 4.79 Å². The molecule has 1 saturated heterocycles. The molecule has 0 aromatic carbocycles. The third-order valence-corrected chi connectivity index (χ3v) is 4.50. The van der Waals surface area contributed by atoms with Crippen LogP contribution in [0.15, 0.2) is 12.4 Å². The first-order chi connectivity index (χ1) is 10.1. The molecular weight excluding hydrogens is 264 g/mol. The molecule has 1 aromatic heterocycles. The summed E-state index contributed by atoms with van der Waals surface area (Å²) in [6.45, 7) is 7.86. The zero-order valence-corrected chi connectivity index (χ0v) is 13.5. The van der Waals surface area contributed by atoms with Gasteiger partial charge in [0.2, 0.25) is 5.91 Å². The Labute approximate surface area is 127 Å². The van der Waals surface area contributed by atoms with Gasteiger partial charge < -0.3 is 10.2 Å². The van der Waals surface area contributed by atoms with Gasteiger partial charge in [0.05, 0.1) is 6.20 Å². The standard InChI is InChI=1S/C16H28N4O/c1-4-20(12-14-9-18-19(3)11-14)16(21)8-13(2)15-6-5-7-17-10-15/h9,11,13,15,17H,4-8,10,12H2,1-3H3. The Morgan fingerprint density at radius 2 is 2.43 bits per heavy atom.